The number of ether oxygens (including phenoxy) is 1. The molecule has 2 heterocycles. The van der Waals surface area contributed by atoms with Crippen LogP contribution in [0.4, 0.5) is 11.4 Å². The second kappa shape index (κ2) is 8.82. The molecule has 2 amide bonds. The molecule has 32 heavy (non-hydrogen) atoms. The van der Waals surface area contributed by atoms with Crippen molar-refractivity contribution in [2.45, 2.75) is 26.7 Å². The maximum absolute atomic E-state index is 13.6. The number of nitro groups is 1. The molecule has 8 nitrogen and oxygen atoms in total. The quantitative estimate of drug-likeness (QED) is 0.387. The van der Waals surface area contributed by atoms with Crippen molar-refractivity contribution in [3.63, 3.8) is 0 Å². The monoisotopic (exact) mass is 435 g/mol. The van der Waals surface area contributed by atoms with Crippen LogP contribution in [0.3, 0.4) is 0 Å². The van der Waals surface area contributed by atoms with E-state index < -0.39 is 10.8 Å². The lowest BCUT2D eigenvalue weighted by Gasteiger charge is -2.33. The van der Waals surface area contributed by atoms with Crippen LogP contribution in [0.25, 0.3) is 5.57 Å². The highest BCUT2D eigenvalue weighted by Gasteiger charge is 2.43. The summed E-state index contributed by atoms with van der Waals surface area (Å²) in [4.78, 5) is 40.9. The molecule has 1 saturated heterocycles. The van der Waals surface area contributed by atoms with Crippen molar-refractivity contribution in [2.24, 2.45) is 5.92 Å². The second-order valence-corrected chi connectivity index (χ2v) is 8.10. The smallest absolute Gasteiger partial charge is 0.282 e. The summed E-state index contributed by atoms with van der Waals surface area (Å²) in [6, 6.07) is 12.7. The number of amides is 2. The predicted molar refractivity (Wildman–Crippen MR) is 120 cm³/mol. The minimum Gasteiger partial charge on any atom is -0.494 e. The highest BCUT2D eigenvalue weighted by Crippen LogP contribution is 2.37. The number of piperidine rings is 1. The first kappa shape index (κ1) is 21.5. The van der Waals surface area contributed by atoms with E-state index in [0.29, 0.717) is 48.3 Å². The average Bonchev–Trinajstić information content (AvgIpc) is 3.04. The van der Waals surface area contributed by atoms with E-state index >= 15 is 0 Å². The van der Waals surface area contributed by atoms with Gasteiger partial charge in [0.1, 0.15) is 11.4 Å². The first-order valence-corrected chi connectivity index (χ1v) is 10.8. The van der Waals surface area contributed by atoms with Gasteiger partial charge in [0, 0.05) is 31.3 Å². The van der Waals surface area contributed by atoms with Crippen LogP contribution in [-0.2, 0) is 9.59 Å². The highest BCUT2D eigenvalue weighted by atomic mass is 16.6. The van der Waals surface area contributed by atoms with Gasteiger partial charge in [0.15, 0.2) is 0 Å². The summed E-state index contributed by atoms with van der Waals surface area (Å²) in [6.07, 6.45) is 2.00. The number of likely N-dealkylation sites (tertiary alicyclic amines) is 1. The standard InChI is InChI=1S/C24H25N3O5/c1-3-32-20-8-4-7-19(14-20)26-23(28)21(17-9-11-18(12-10-17)27(30)31)22(24(26)29)25-13-5-6-16(2)15-25/h4,7-12,14,16H,3,5-6,13,15H2,1-2H3. The van der Waals surface area contributed by atoms with Gasteiger partial charge >= 0.3 is 0 Å². The zero-order valence-corrected chi connectivity index (χ0v) is 18.1. The Hall–Kier alpha value is -3.68. The van der Waals surface area contributed by atoms with Crippen LogP contribution in [0.15, 0.2) is 54.2 Å². The first-order chi connectivity index (χ1) is 15.4. The minimum atomic E-state index is -0.488. The summed E-state index contributed by atoms with van der Waals surface area (Å²) >= 11 is 0. The van der Waals surface area contributed by atoms with Crippen LogP contribution < -0.4 is 9.64 Å². The SMILES string of the molecule is CCOc1cccc(N2C(=O)C(c3ccc([N+](=O)[O-])cc3)=C(N3CCCC(C)C3)C2=O)c1. The summed E-state index contributed by atoms with van der Waals surface area (Å²) < 4.78 is 5.54. The van der Waals surface area contributed by atoms with Gasteiger partial charge in [-0.3, -0.25) is 19.7 Å². The van der Waals surface area contributed by atoms with E-state index in [9.17, 15) is 19.7 Å². The zero-order chi connectivity index (χ0) is 22.8. The Bertz CT molecular complexity index is 1090. The fourth-order valence-corrected chi connectivity index (χ4v) is 4.33. The van der Waals surface area contributed by atoms with E-state index in [2.05, 4.69) is 6.92 Å². The second-order valence-electron chi connectivity index (χ2n) is 8.10. The van der Waals surface area contributed by atoms with E-state index in [4.69, 9.17) is 4.74 Å². The van der Waals surface area contributed by atoms with Crippen molar-refractivity contribution in [2.75, 3.05) is 24.6 Å². The van der Waals surface area contributed by atoms with Crippen LogP contribution in [0.2, 0.25) is 0 Å². The number of benzene rings is 2. The number of nitro benzene ring substituents is 1. The van der Waals surface area contributed by atoms with Gasteiger partial charge in [0.05, 0.1) is 22.8 Å². The molecule has 0 N–H and O–H groups in total. The Kier molecular flexibility index (Phi) is 5.94. The fourth-order valence-electron chi connectivity index (χ4n) is 4.33. The lowest BCUT2D eigenvalue weighted by Crippen LogP contribution is -2.39. The summed E-state index contributed by atoms with van der Waals surface area (Å²) in [6.45, 7) is 5.82. The maximum atomic E-state index is 13.6. The largest absolute Gasteiger partial charge is 0.494 e. The molecule has 2 aliphatic rings. The van der Waals surface area contributed by atoms with Crippen LogP contribution in [0.1, 0.15) is 32.3 Å². The summed E-state index contributed by atoms with van der Waals surface area (Å²) in [7, 11) is 0. The number of carbonyl (C=O) groups excluding carboxylic acids is 2. The molecule has 0 spiro atoms. The molecule has 0 aliphatic carbocycles. The topological polar surface area (TPSA) is 93.0 Å². The molecule has 1 atom stereocenters. The molecule has 1 fully saturated rings. The minimum absolute atomic E-state index is 0.0689. The molecule has 2 aliphatic heterocycles. The van der Waals surface area contributed by atoms with Crippen LogP contribution >= 0.6 is 0 Å². The molecule has 2 aromatic rings. The highest BCUT2D eigenvalue weighted by molar-refractivity contribution is 6.45. The number of imide groups is 1. The van der Waals surface area contributed by atoms with E-state index in [1.54, 1.807) is 24.3 Å². The van der Waals surface area contributed by atoms with Gasteiger partial charge in [-0.05, 0) is 55.5 Å². The fraction of sp³-hybridized carbons (Fsp3) is 0.333. The number of nitrogens with zero attached hydrogens (tertiary/aromatic N) is 3. The van der Waals surface area contributed by atoms with E-state index in [-0.39, 0.29) is 17.2 Å². The lowest BCUT2D eigenvalue weighted by molar-refractivity contribution is -0.384. The first-order valence-electron chi connectivity index (χ1n) is 10.8. The van der Waals surface area contributed by atoms with Gasteiger partial charge in [-0.15, -0.1) is 0 Å². The molecule has 2 aromatic carbocycles. The molecule has 0 bridgehead atoms. The molecule has 0 radical (unpaired) electrons. The number of hydrogen-bond donors (Lipinski definition) is 0. The third-order valence-electron chi connectivity index (χ3n) is 5.79. The third kappa shape index (κ3) is 3.95. The number of carbonyl (C=O) groups is 2. The number of rotatable bonds is 6. The molecule has 4 rings (SSSR count). The average molecular weight is 435 g/mol. The van der Waals surface area contributed by atoms with Gasteiger partial charge in [-0.2, -0.15) is 0 Å². The van der Waals surface area contributed by atoms with Crippen molar-refractivity contribution >= 4 is 28.8 Å². The predicted octanol–water partition coefficient (Wildman–Crippen LogP) is 4.01. The van der Waals surface area contributed by atoms with Crippen molar-refractivity contribution < 1.29 is 19.2 Å². The Balaban J connectivity index is 1.79. The van der Waals surface area contributed by atoms with E-state index in [1.165, 1.54) is 29.2 Å². The molecule has 0 aromatic heterocycles. The van der Waals surface area contributed by atoms with Crippen LogP contribution in [0.5, 0.6) is 5.75 Å². The van der Waals surface area contributed by atoms with Crippen molar-refractivity contribution in [3.05, 3.63) is 69.9 Å². The van der Waals surface area contributed by atoms with E-state index in [1.807, 2.05) is 11.8 Å². The Labute approximate surface area is 186 Å². The maximum Gasteiger partial charge on any atom is 0.282 e. The number of hydrogen-bond acceptors (Lipinski definition) is 6. The lowest BCUT2D eigenvalue weighted by atomic mass is 9.97. The Morgan fingerprint density at radius 1 is 1.12 bits per heavy atom. The van der Waals surface area contributed by atoms with Crippen molar-refractivity contribution in [1.29, 1.82) is 0 Å². The Morgan fingerprint density at radius 2 is 1.88 bits per heavy atom. The van der Waals surface area contributed by atoms with Gasteiger partial charge in [-0.1, -0.05) is 13.0 Å². The number of anilines is 1. The molecular weight excluding hydrogens is 410 g/mol. The molecule has 1 unspecified atom stereocenters. The molecule has 166 valence electrons. The van der Waals surface area contributed by atoms with Crippen LogP contribution in [0, 0.1) is 16.0 Å². The number of non-ortho nitro benzene ring substituents is 1. The Morgan fingerprint density at radius 3 is 2.53 bits per heavy atom. The van der Waals surface area contributed by atoms with Crippen molar-refractivity contribution in [1.82, 2.24) is 4.90 Å². The van der Waals surface area contributed by atoms with Crippen LogP contribution in [-0.4, -0.2) is 41.3 Å². The third-order valence-corrected chi connectivity index (χ3v) is 5.79. The summed E-state index contributed by atoms with van der Waals surface area (Å²) in [5, 5.41) is 11.1. The van der Waals surface area contributed by atoms with Gasteiger partial charge < -0.3 is 9.64 Å². The van der Waals surface area contributed by atoms with Crippen molar-refractivity contribution in [3.8, 4) is 5.75 Å². The summed E-state index contributed by atoms with van der Waals surface area (Å²) in [5.41, 5.74) is 1.50. The molecule has 0 saturated carbocycles. The van der Waals surface area contributed by atoms with E-state index in [0.717, 1.165) is 12.8 Å². The van der Waals surface area contributed by atoms with Gasteiger partial charge in [-0.25, -0.2) is 4.90 Å². The summed E-state index contributed by atoms with van der Waals surface area (Å²) in [5.74, 6) is 0.145. The molecule has 8 heteroatoms. The normalized spacial score (nSPS) is 19.0. The van der Waals surface area contributed by atoms with Gasteiger partial charge in [0.2, 0.25) is 0 Å². The van der Waals surface area contributed by atoms with Gasteiger partial charge in [0.25, 0.3) is 17.5 Å². The zero-order valence-electron chi connectivity index (χ0n) is 18.1. The molecular formula is C24H25N3O5.